The molecule has 3 heteroatoms. The first-order valence-electron chi connectivity index (χ1n) is 6.74. The predicted molar refractivity (Wildman–Crippen MR) is 102 cm³/mol. The summed E-state index contributed by atoms with van der Waals surface area (Å²) in [5.41, 5.74) is 0. The van der Waals surface area contributed by atoms with Crippen LogP contribution in [0.4, 0.5) is 0 Å². The first-order valence-corrected chi connectivity index (χ1v) is 18.3. The Hall–Kier alpha value is -0.822. The SMILES string of the molecule is Br[As](Br)(c1ccccc1)(c1ccccc1)c1ccccc1. The third-order valence-corrected chi connectivity index (χ3v) is 24.0. The van der Waals surface area contributed by atoms with Gasteiger partial charge in [-0.3, -0.25) is 0 Å². The molecule has 0 aliphatic heterocycles. The van der Waals surface area contributed by atoms with Crippen molar-refractivity contribution >= 4 is 49.6 Å². The Labute approximate surface area is 140 Å². The molecule has 0 atom stereocenters. The van der Waals surface area contributed by atoms with Gasteiger partial charge in [-0.15, -0.1) is 0 Å². The first-order chi connectivity index (χ1) is 10.1. The van der Waals surface area contributed by atoms with Crippen molar-refractivity contribution in [2.24, 2.45) is 0 Å². The van der Waals surface area contributed by atoms with Crippen LogP contribution in [0.1, 0.15) is 0 Å². The maximum absolute atomic E-state index is 4.21. The Morgan fingerprint density at radius 2 is 0.667 bits per heavy atom. The molecule has 3 rings (SSSR count). The summed E-state index contributed by atoms with van der Waals surface area (Å²) in [7, 11) is -3.41. The summed E-state index contributed by atoms with van der Waals surface area (Å²) >= 11 is 8.42. The molecule has 0 heterocycles. The van der Waals surface area contributed by atoms with E-state index in [0.29, 0.717) is 0 Å². The summed E-state index contributed by atoms with van der Waals surface area (Å²) < 4.78 is 3.94. The maximum atomic E-state index is 4.21. The van der Waals surface area contributed by atoms with Gasteiger partial charge < -0.3 is 0 Å². The third-order valence-electron chi connectivity index (χ3n) is 3.63. The van der Waals surface area contributed by atoms with Gasteiger partial charge in [-0.2, -0.15) is 0 Å². The van der Waals surface area contributed by atoms with Crippen molar-refractivity contribution in [3.05, 3.63) is 91.0 Å². The standard InChI is InChI=1S/C18H15AsBr2/c20-19(21,16-10-4-1-5-11-16,17-12-6-2-7-13-17)18-14-8-3-9-15-18/h1-15H. The molecule has 0 aliphatic carbocycles. The van der Waals surface area contributed by atoms with E-state index < -0.39 is 8.72 Å². The molecule has 0 spiro atoms. The molecule has 106 valence electrons. The molecule has 0 fully saturated rings. The number of benzene rings is 3. The summed E-state index contributed by atoms with van der Waals surface area (Å²) in [4.78, 5) is 0. The van der Waals surface area contributed by atoms with Gasteiger partial charge in [0.25, 0.3) is 0 Å². The monoisotopic (exact) mass is 464 g/mol. The topological polar surface area (TPSA) is 0 Å². The van der Waals surface area contributed by atoms with E-state index in [9.17, 15) is 0 Å². The molecule has 0 saturated heterocycles. The Bertz CT molecular complexity index is 622. The molecule has 0 N–H and O–H groups in total. The molecule has 0 aromatic heterocycles. The molecule has 0 radical (unpaired) electrons. The van der Waals surface area contributed by atoms with Crippen LogP contribution < -0.4 is 13.1 Å². The van der Waals surface area contributed by atoms with Crippen molar-refractivity contribution in [3.63, 3.8) is 0 Å². The van der Waals surface area contributed by atoms with Crippen LogP contribution in [0.3, 0.4) is 0 Å². The zero-order valence-electron chi connectivity index (χ0n) is 11.4. The molecular formula is C18H15AsBr2. The second-order valence-corrected chi connectivity index (χ2v) is 31.7. The van der Waals surface area contributed by atoms with E-state index >= 15 is 0 Å². The normalized spacial score (nSPS) is 13.3. The number of hydrogen-bond acceptors (Lipinski definition) is 0. The van der Waals surface area contributed by atoms with E-state index in [2.05, 4.69) is 119 Å². The molecule has 0 bridgehead atoms. The van der Waals surface area contributed by atoms with Crippen LogP contribution in [0.5, 0.6) is 0 Å². The van der Waals surface area contributed by atoms with E-state index in [-0.39, 0.29) is 0 Å². The zero-order chi connectivity index (χ0) is 14.8. The molecular weight excluding hydrogens is 451 g/mol. The second-order valence-electron chi connectivity index (χ2n) is 4.91. The summed E-state index contributed by atoms with van der Waals surface area (Å²) in [6, 6.07) is 32.0. The molecule has 0 saturated carbocycles. The number of halogens is 2. The second kappa shape index (κ2) is 5.76. The summed E-state index contributed by atoms with van der Waals surface area (Å²) in [6.45, 7) is 0. The van der Waals surface area contributed by atoms with Crippen LogP contribution >= 0.6 is 27.9 Å². The van der Waals surface area contributed by atoms with Crippen molar-refractivity contribution in [3.8, 4) is 0 Å². The summed E-state index contributed by atoms with van der Waals surface area (Å²) in [5.74, 6) is 0. The van der Waals surface area contributed by atoms with Gasteiger partial charge in [-0.1, -0.05) is 0 Å². The van der Waals surface area contributed by atoms with Gasteiger partial charge >= 0.3 is 141 Å². The molecule has 0 amide bonds. The molecule has 0 nitrogen and oxygen atoms in total. The Morgan fingerprint density at radius 3 is 0.905 bits per heavy atom. The number of hydrogen-bond donors (Lipinski definition) is 0. The zero-order valence-corrected chi connectivity index (χ0v) is 16.4. The fourth-order valence-corrected chi connectivity index (χ4v) is 16.1. The van der Waals surface area contributed by atoms with Crippen LogP contribution in [0, 0.1) is 0 Å². The van der Waals surface area contributed by atoms with Gasteiger partial charge in [0.05, 0.1) is 0 Å². The predicted octanol–water partition coefficient (Wildman–Crippen LogP) is 3.89. The van der Waals surface area contributed by atoms with Crippen molar-refractivity contribution in [1.29, 1.82) is 0 Å². The van der Waals surface area contributed by atoms with E-state index in [4.69, 9.17) is 0 Å². The number of rotatable bonds is 3. The average Bonchev–Trinajstić information content (AvgIpc) is 2.57. The van der Waals surface area contributed by atoms with Gasteiger partial charge in [0.2, 0.25) is 0 Å². The van der Waals surface area contributed by atoms with E-state index in [1.807, 2.05) is 0 Å². The third kappa shape index (κ3) is 2.54. The fourth-order valence-electron chi connectivity index (χ4n) is 2.52. The molecule has 0 aliphatic rings. The Kier molecular flexibility index (Phi) is 4.14. The van der Waals surface area contributed by atoms with Crippen LogP contribution in [0.2, 0.25) is 0 Å². The van der Waals surface area contributed by atoms with E-state index in [0.717, 1.165) is 0 Å². The van der Waals surface area contributed by atoms with Crippen LogP contribution in [0.25, 0.3) is 0 Å². The van der Waals surface area contributed by atoms with Gasteiger partial charge in [-0.05, 0) is 0 Å². The van der Waals surface area contributed by atoms with Crippen molar-refractivity contribution in [2.75, 3.05) is 0 Å². The average molecular weight is 466 g/mol. The molecule has 3 aromatic carbocycles. The van der Waals surface area contributed by atoms with Gasteiger partial charge in [0, 0.05) is 0 Å². The summed E-state index contributed by atoms with van der Waals surface area (Å²) in [5, 5.41) is 0. The molecule has 21 heavy (non-hydrogen) atoms. The minimum absolute atomic E-state index is 1.31. The van der Waals surface area contributed by atoms with Crippen LogP contribution in [-0.2, 0) is 0 Å². The molecule has 0 unspecified atom stereocenters. The Balaban J connectivity index is 2.36. The Morgan fingerprint density at radius 1 is 0.429 bits per heavy atom. The fraction of sp³-hybridized carbons (Fsp3) is 0. The van der Waals surface area contributed by atoms with Crippen molar-refractivity contribution < 1.29 is 0 Å². The van der Waals surface area contributed by atoms with Crippen molar-refractivity contribution in [2.45, 2.75) is 0 Å². The van der Waals surface area contributed by atoms with E-state index in [1.54, 1.807) is 0 Å². The first kappa shape index (κ1) is 15.1. The minimum atomic E-state index is -3.41. The van der Waals surface area contributed by atoms with E-state index in [1.165, 1.54) is 13.1 Å². The molecule has 3 aromatic rings. The quantitative estimate of drug-likeness (QED) is 0.515. The van der Waals surface area contributed by atoms with Gasteiger partial charge in [0.15, 0.2) is 0 Å². The van der Waals surface area contributed by atoms with Crippen molar-refractivity contribution in [1.82, 2.24) is 0 Å². The van der Waals surface area contributed by atoms with Crippen LogP contribution in [-0.4, -0.2) is 8.72 Å². The van der Waals surface area contributed by atoms with Gasteiger partial charge in [-0.25, -0.2) is 0 Å². The summed E-state index contributed by atoms with van der Waals surface area (Å²) in [6.07, 6.45) is 0. The van der Waals surface area contributed by atoms with Crippen LogP contribution in [0.15, 0.2) is 91.0 Å². The van der Waals surface area contributed by atoms with Gasteiger partial charge in [0.1, 0.15) is 0 Å².